The summed E-state index contributed by atoms with van der Waals surface area (Å²) in [5, 5.41) is 0. The first-order chi connectivity index (χ1) is 9.40. The number of rotatable bonds is 4. The van der Waals surface area contributed by atoms with E-state index in [-0.39, 0.29) is 17.3 Å². The Labute approximate surface area is 126 Å². The van der Waals surface area contributed by atoms with Gasteiger partial charge in [0.15, 0.2) is 0 Å². The molecule has 0 aromatic heterocycles. The Balaban J connectivity index is 2.17. The van der Waals surface area contributed by atoms with E-state index in [0.29, 0.717) is 15.6 Å². The van der Waals surface area contributed by atoms with Gasteiger partial charge in [0.1, 0.15) is 5.82 Å². The minimum absolute atomic E-state index is 0.0425. The Morgan fingerprint density at radius 1 is 1.20 bits per heavy atom. The summed E-state index contributed by atoms with van der Waals surface area (Å²) in [5.41, 5.74) is 1.10. The molecule has 0 atom stereocenters. The molecule has 2 rings (SSSR count). The third-order valence-corrected chi connectivity index (χ3v) is 5.24. The molecule has 1 N–H and O–H groups in total. The summed E-state index contributed by atoms with van der Waals surface area (Å²) >= 11 is 3.20. The van der Waals surface area contributed by atoms with Crippen molar-refractivity contribution < 1.29 is 12.8 Å². The summed E-state index contributed by atoms with van der Waals surface area (Å²) in [5.74, 6) is -0.345. The van der Waals surface area contributed by atoms with E-state index in [2.05, 4.69) is 20.7 Å². The first-order valence-electron chi connectivity index (χ1n) is 5.89. The Bertz CT molecular complexity index is 732. The Morgan fingerprint density at radius 3 is 2.55 bits per heavy atom. The van der Waals surface area contributed by atoms with Gasteiger partial charge >= 0.3 is 0 Å². The lowest BCUT2D eigenvalue weighted by molar-refractivity contribution is 0.579. The maximum atomic E-state index is 13.4. The summed E-state index contributed by atoms with van der Waals surface area (Å²) in [4.78, 5) is 0.160. The molecule has 20 heavy (non-hydrogen) atoms. The highest BCUT2D eigenvalue weighted by Gasteiger charge is 2.16. The molecule has 0 aliphatic carbocycles. The number of halogens is 2. The highest BCUT2D eigenvalue weighted by molar-refractivity contribution is 9.10. The zero-order valence-corrected chi connectivity index (χ0v) is 13.1. The molecule has 0 aliphatic rings. The predicted octanol–water partition coefficient (Wildman–Crippen LogP) is 3.38. The molecule has 0 unspecified atom stereocenters. The van der Waals surface area contributed by atoms with Crippen molar-refractivity contribution in [1.82, 2.24) is 4.72 Å². The minimum atomic E-state index is -3.63. The van der Waals surface area contributed by atoms with Crippen LogP contribution in [0.5, 0.6) is 0 Å². The topological polar surface area (TPSA) is 46.2 Å². The van der Waals surface area contributed by atoms with Gasteiger partial charge in [-0.2, -0.15) is 0 Å². The SMILES string of the molecule is Cc1ccc(CNS(=O)(=O)c2ccccc2Br)cc1F. The van der Waals surface area contributed by atoms with Gasteiger partial charge in [0.05, 0.1) is 4.90 Å². The van der Waals surface area contributed by atoms with Gasteiger partial charge in [-0.25, -0.2) is 17.5 Å². The van der Waals surface area contributed by atoms with Gasteiger partial charge in [0, 0.05) is 11.0 Å². The van der Waals surface area contributed by atoms with Gasteiger partial charge < -0.3 is 0 Å². The molecule has 2 aromatic rings. The summed E-state index contributed by atoms with van der Waals surface area (Å²) < 4.78 is 40.6. The lowest BCUT2D eigenvalue weighted by Gasteiger charge is -2.09. The van der Waals surface area contributed by atoms with Crippen LogP contribution in [-0.4, -0.2) is 8.42 Å². The van der Waals surface area contributed by atoms with E-state index >= 15 is 0 Å². The average Bonchev–Trinajstić information content (AvgIpc) is 2.40. The fraction of sp³-hybridized carbons (Fsp3) is 0.143. The molecule has 0 saturated carbocycles. The molecule has 0 amide bonds. The summed E-state index contributed by atoms with van der Waals surface area (Å²) in [6, 6.07) is 11.2. The van der Waals surface area contributed by atoms with Crippen LogP contribution in [0, 0.1) is 12.7 Å². The number of benzene rings is 2. The second-order valence-electron chi connectivity index (χ2n) is 4.34. The quantitative estimate of drug-likeness (QED) is 0.911. The van der Waals surface area contributed by atoms with E-state index in [1.165, 1.54) is 12.1 Å². The molecule has 0 heterocycles. The van der Waals surface area contributed by atoms with E-state index in [1.54, 1.807) is 37.3 Å². The summed E-state index contributed by atoms with van der Waals surface area (Å²) in [6.45, 7) is 1.70. The molecule has 6 heteroatoms. The molecule has 3 nitrogen and oxygen atoms in total. The van der Waals surface area contributed by atoms with Crippen LogP contribution in [0.4, 0.5) is 4.39 Å². The summed E-state index contributed by atoms with van der Waals surface area (Å²) in [6.07, 6.45) is 0. The van der Waals surface area contributed by atoms with Gasteiger partial charge in [-0.1, -0.05) is 24.3 Å². The maximum Gasteiger partial charge on any atom is 0.241 e. The van der Waals surface area contributed by atoms with Crippen molar-refractivity contribution in [3.8, 4) is 0 Å². The van der Waals surface area contributed by atoms with Crippen LogP contribution < -0.4 is 4.72 Å². The molecule has 0 fully saturated rings. The van der Waals surface area contributed by atoms with Crippen molar-refractivity contribution in [2.24, 2.45) is 0 Å². The smallest absolute Gasteiger partial charge is 0.207 e. The van der Waals surface area contributed by atoms with Gasteiger partial charge in [0.2, 0.25) is 10.0 Å². The van der Waals surface area contributed by atoms with Crippen molar-refractivity contribution in [2.75, 3.05) is 0 Å². The van der Waals surface area contributed by atoms with Crippen LogP contribution in [-0.2, 0) is 16.6 Å². The molecule has 0 aliphatic heterocycles. The Morgan fingerprint density at radius 2 is 1.90 bits per heavy atom. The highest BCUT2D eigenvalue weighted by atomic mass is 79.9. The third-order valence-electron chi connectivity index (χ3n) is 2.83. The van der Waals surface area contributed by atoms with Crippen molar-refractivity contribution in [2.45, 2.75) is 18.4 Å². The second kappa shape index (κ2) is 6.03. The van der Waals surface area contributed by atoms with Crippen LogP contribution in [0.15, 0.2) is 51.8 Å². The van der Waals surface area contributed by atoms with Crippen LogP contribution in [0.3, 0.4) is 0 Å². The van der Waals surface area contributed by atoms with Crippen molar-refractivity contribution in [3.63, 3.8) is 0 Å². The first kappa shape index (κ1) is 15.2. The predicted molar refractivity (Wildman–Crippen MR) is 79.3 cm³/mol. The van der Waals surface area contributed by atoms with E-state index in [1.807, 2.05) is 0 Å². The standard InChI is InChI=1S/C14H13BrFNO2S/c1-10-6-7-11(8-13(10)16)9-17-20(18,19)14-5-3-2-4-12(14)15/h2-8,17H,9H2,1H3. The van der Waals surface area contributed by atoms with Crippen LogP contribution >= 0.6 is 15.9 Å². The van der Waals surface area contributed by atoms with Gasteiger partial charge in [-0.15, -0.1) is 0 Å². The number of aryl methyl sites for hydroxylation is 1. The van der Waals surface area contributed by atoms with Crippen molar-refractivity contribution >= 4 is 26.0 Å². The number of sulfonamides is 1. The van der Waals surface area contributed by atoms with Crippen molar-refractivity contribution in [1.29, 1.82) is 0 Å². The second-order valence-corrected chi connectivity index (χ2v) is 6.93. The molecule has 0 radical (unpaired) electrons. The zero-order valence-electron chi connectivity index (χ0n) is 10.7. The molecule has 0 spiro atoms. The molecule has 2 aromatic carbocycles. The molecule has 0 saturated heterocycles. The normalized spacial score (nSPS) is 11.6. The lowest BCUT2D eigenvalue weighted by atomic mass is 10.1. The van der Waals surface area contributed by atoms with Gasteiger partial charge in [-0.05, 0) is 52.2 Å². The summed E-state index contributed by atoms with van der Waals surface area (Å²) in [7, 11) is -3.63. The molecule has 0 bridgehead atoms. The van der Waals surface area contributed by atoms with Gasteiger partial charge in [0.25, 0.3) is 0 Å². The number of hydrogen-bond donors (Lipinski definition) is 1. The first-order valence-corrected chi connectivity index (χ1v) is 8.17. The highest BCUT2D eigenvalue weighted by Crippen LogP contribution is 2.21. The largest absolute Gasteiger partial charge is 0.241 e. The Hall–Kier alpha value is -1.24. The monoisotopic (exact) mass is 357 g/mol. The van der Waals surface area contributed by atoms with Crippen LogP contribution in [0.2, 0.25) is 0 Å². The Kier molecular flexibility index (Phi) is 4.57. The zero-order chi connectivity index (χ0) is 14.8. The van der Waals surface area contributed by atoms with Gasteiger partial charge in [-0.3, -0.25) is 0 Å². The molecular weight excluding hydrogens is 345 g/mol. The fourth-order valence-corrected chi connectivity index (χ4v) is 3.68. The number of hydrogen-bond acceptors (Lipinski definition) is 2. The van der Waals surface area contributed by atoms with E-state index in [4.69, 9.17) is 0 Å². The lowest BCUT2D eigenvalue weighted by Crippen LogP contribution is -2.23. The minimum Gasteiger partial charge on any atom is -0.207 e. The fourth-order valence-electron chi connectivity index (χ4n) is 1.67. The van der Waals surface area contributed by atoms with E-state index in [0.717, 1.165) is 0 Å². The van der Waals surface area contributed by atoms with Crippen molar-refractivity contribution in [3.05, 3.63) is 63.9 Å². The molecular formula is C14H13BrFNO2S. The molecule has 106 valence electrons. The maximum absolute atomic E-state index is 13.4. The van der Waals surface area contributed by atoms with E-state index < -0.39 is 10.0 Å². The third kappa shape index (κ3) is 3.45. The number of nitrogens with one attached hydrogen (secondary N) is 1. The van der Waals surface area contributed by atoms with Crippen LogP contribution in [0.25, 0.3) is 0 Å². The average molecular weight is 358 g/mol. The van der Waals surface area contributed by atoms with Crippen LogP contribution in [0.1, 0.15) is 11.1 Å². The van der Waals surface area contributed by atoms with E-state index in [9.17, 15) is 12.8 Å².